The molecule has 0 aliphatic heterocycles. The number of aryl methyl sites for hydroxylation is 1. The van der Waals surface area contributed by atoms with Crippen LogP contribution in [0.25, 0.3) is 0 Å². The normalized spacial score (nSPS) is 23.5. The van der Waals surface area contributed by atoms with Gasteiger partial charge in [-0.05, 0) is 62.3 Å². The lowest BCUT2D eigenvalue weighted by molar-refractivity contribution is -0.120. The van der Waals surface area contributed by atoms with Gasteiger partial charge in [0.05, 0.1) is 10.6 Å². The van der Waals surface area contributed by atoms with Crippen LogP contribution in [0.15, 0.2) is 59.5 Å². The molecule has 2 aliphatic carbocycles. The van der Waals surface area contributed by atoms with Gasteiger partial charge in [0.1, 0.15) is 6.54 Å². The number of hydrogen-bond donors (Lipinski definition) is 1. The Morgan fingerprint density at radius 2 is 1.75 bits per heavy atom. The van der Waals surface area contributed by atoms with Gasteiger partial charge < -0.3 is 5.32 Å². The summed E-state index contributed by atoms with van der Waals surface area (Å²) in [5.41, 5.74) is 1.53. The third-order valence-corrected chi connectivity index (χ3v) is 7.81. The number of carbonyl (C=O) groups excluding carboxylic acids is 1. The third kappa shape index (κ3) is 3.78. The van der Waals surface area contributed by atoms with E-state index in [0.717, 1.165) is 17.9 Å². The SMILES string of the molecule is Cc1ccc(N(CC(=O)NC2CC3CCC2C3)S(=O)(=O)c2ccccc2)cc1. The molecule has 0 radical (unpaired) electrons. The third-order valence-electron chi connectivity index (χ3n) is 6.02. The predicted molar refractivity (Wildman–Crippen MR) is 110 cm³/mol. The molecule has 2 bridgehead atoms. The maximum atomic E-state index is 13.3. The second kappa shape index (κ2) is 7.59. The summed E-state index contributed by atoms with van der Waals surface area (Å²) < 4.78 is 27.7. The minimum atomic E-state index is -3.83. The average Bonchev–Trinajstić information content (AvgIpc) is 3.31. The number of anilines is 1. The Balaban J connectivity index is 1.58. The van der Waals surface area contributed by atoms with E-state index < -0.39 is 10.0 Å². The van der Waals surface area contributed by atoms with Crippen molar-refractivity contribution in [1.82, 2.24) is 5.32 Å². The Hall–Kier alpha value is -2.34. The summed E-state index contributed by atoms with van der Waals surface area (Å²) in [6.45, 7) is 1.73. The van der Waals surface area contributed by atoms with Gasteiger partial charge in [-0.3, -0.25) is 9.10 Å². The number of carbonyl (C=O) groups is 1. The van der Waals surface area contributed by atoms with Crippen molar-refractivity contribution in [3.63, 3.8) is 0 Å². The van der Waals surface area contributed by atoms with Gasteiger partial charge in [0.25, 0.3) is 10.0 Å². The lowest BCUT2D eigenvalue weighted by Gasteiger charge is -2.27. The molecule has 1 N–H and O–H groups in total. The minimum Gasteiger partial charge on any atom is -0.352 e. The molecule has 0 heterocycles. The molecule has 0 aromatic heterocycles. The number of rotatable bonds is 6. The highest BCUT2D eigenvalue weighted by Crippen LogP contribution is 2.44. The van der Waals surface area contributed by atoms with Gasteiger partial charge >= 0.3 is 0 Å². The molecule has 1 amide bonds. The van der Waals surface area contributed by atoms with E-state index in [1.807, 2.05) is 19.1 Å². The molecule has 2 aromatic rings. The van der Waals surface area contributed by atoms with Crippen LogP contribution in [0, 0.1) is 18.8 Å². The molecule has 2 aromatic carbocycles. The van der Waals surface area contributed by atoms with Crippen molar-refractivity contribution in [3.05, 3.63) is 60.2 Å². The first-order valence-corrected chi connectivity index (χ1v) is 11.3. The van der Waals surface area contributed by atoms with Crippen LogP contribution in [0.1, 0.15) is 31.2 Å². The van der Waals surface area contributed by atoms with Gasteiger partial charge in [0, 0.05) is 6.04 Å². The summed E-state index contributed by atoms with van der Waals surface area (Å²) in [7, 11) is -3.83. The fraction of sp³-hybridized carbons (Fsp3) is 0.409. The Morgan fingerprint density at radius 1 is 1.04 bits per heavy atom. The first-order valence-electron chi connectivity index (χ1n) is 9.87. The molecule has 0 spiro atoms. The lowest BCUT2D eigenvalue weighted by atomic mass is 9.95. The van der Waals surface area contributed by atoms with Crippen LogP contribution >= 0.6 is 0 Å². The summed E-state index contributed by atoms with van der Waals surface area (Å²) in [5, 5.41) is 3.10. The maximum Gasteiger partial charge on any atom is 0.264 e. The molecule has 0 saturated heterocycles. The van der Waals surface area contributed by atoms with E-state index in [4.69, 9.17) is 0 Å². The van der Waals surface area contributed by atoms with Crippen molar-refractivity contribution in [2.75, 3.05) is 10.8 Å². The van der Waals surface area contributed by atoms with E-state index in [0.29, 0.717) is 11.6 Å². The van der Waals surface area contributed by atoms with E-state index in [9.17, 15) is 13.2 Å². The first-order chi connectivity index (χ1) is 13.4. The van der Waals surface area contributed by atoms with Crippen molar-refractivity contribution >= 4 is 21.6 Å². The van der Waals surface area contributed by atoms with Crippen LogP contribution in [-0.2, 0) is 14.8 Å². The summed E-state index contributed by atoms with van der Waals surface area (Å²) in [6, 6.07) is 15.7. The molecule has 3 unspecified atom stereocenters. The van der Waals surface area contributed by atoms with Gasteiger partial charge in [-0.25, -0.2) is 8.42 Å². The topological polar surface area (TPSA) is 66.5 Å². The molecule has 3 atom stereocenters. The Morgan fingerprint density at radius 3 is 2.36 bits per heavy atom. The van der Waals surface area contributed by atoms with Crippen LogP contribution < -0.4 is 9.62 Å². The zero-order chi connectivity index (χ0) is 19.7. The highest BCUT2D eigenvalue weighted by Gasteiger charge is 2.40. The van der Waals surface area contributed by atoms with Crippen LogP contribution in [0.2, 0.25) is 0 Å². The Bertz CT molecular complexity index is 942. The number of nitrogens with zero attached hydrogens (tertiary/aromatic N) is 1. The number of nitrogens with one attached hydrogen (secondary N) is 1. The average molecular weight is 399 g/mol. The highest BCUT2D eigenvalue weighted by molar-refractivity contribution is 7.92. The van der Waals surface area contributed by atoms with Gasteiger partial charge in [-0.1, -0.05) is 42.3 Å². The lowest BCUT2D eigenvalue weighted by Crippen LogP contribution is -2.45. The largest absolute Gasteiger partial charge is 0.352 e. The molecule has 4 rings (SSSR count). The van der Waals surface area contributed by atoms with E-state index in [1.54, 1.807) is 42.5 Å². The van der Waals surface area contributed by atoms with Crippen LogP contribution in [0.5, 0.6) is 0 Å². The molecular weight excluding hydrogens is 372 g/mol. The number of benzene rings is 2. The smallest absolute Gasteiger partial charge is 0.264 e. The van der Waals surface area contributed by atoms with Crippen molar-refractivity contribution in [1.29, 1.82) is 0 Å². The molecule has 2 aliphatic rings. The van der Waals surface area contributed by atoms with Gasteiger partial charge in [-0.2, -0.15) is 0 Å². The molecular formula is C22H26N2O3S. The quantitative estimate of drug-likeness (QED) is 0.810. The highest BCUT2D eigenvalue weighted by atomic mass is 32.2. The van der Waals surface area contributed by atoms with Gasteiger partial charge in [-0.15, -0.1) is 0 Å². The number of hydrogen-bond acceptors (Lipinski definition) is 3. The molecule has 2 saturated carbocycles. The Labute approximate surface area is 166 Å². The first kappa shape index (κ1) is 19.0. The zero-order valence-corrected chi connectivity index (χ0v) is 16.9. The second-order valence-corrected chi connectivity index (χ2v) is 9.87. The summed E-state index contributed by atoms with van der Waals surface area (Å²) >= 11 is 0. The molecule has 2 fully saturated rings. The Kier molecular flexibility index (Phi) is 5.15. The monoisotopic (exact) mass is 398 g/mol. The summed E-state index contributed by atoms with van der Waals surface area (Å²) in [4.78, 5) is 13.0. The zero-order valence-electron chi connectivity index (χ0n) is 16.0. The summed E-state index contributed by atoms with van der Waals surface area (Å²) in [6.07, 6.45) is 4.63. The van der Waals surface area contributed by atoms with E-state index in [-0.39, 0.29) is 23.4 Å². The van der Waals surface area contributed by atoms with Crippen molar-refractivity contribution in [2.24, 2.45) is 11.8 Å². The minimum absolute atomic E-state index is 0.184. The fourth-order valence-corrected chi connectivity index (χ4v) is 5.99. The number of fused-ring (bicyclic) bond motifs is 2. The predicted octanol–water partition coefficient (Wildman–Crippen LogP) is 3.50. The summed E-state index contributed by atoms with van der Waals surface area (Å²) in [5.74, 6) is 1.03. The molecule has 148 valence electrons. The van der Waals surface area contributed by atoms with Crippen LogP contribution in [0.3, 0.4) is 0 Å². The van der Waals surface area contributed by atoms with Crippen LogP contribution in [0.4, 0.5) is 5.69 Å². The van der Waals surface area contributed by atoms with Gasteiger partial charge in [0.2, 0.25) is 5.91 Å². The van der Waals surface area contributed by atoms with E-state index >= 15 is 0 Å². The number of amides is 1. The molecule has 5 nitrogen and oxygen atoms in total. The fourth-order valence-electron chi connectivity index (χ4n) is 4.55. The van der Waals surface area contributed by atoms with E-state index in [1.165, 1.54) is 23.6 Å². The van der Waals surface area contributed by atoms with Crippen molar-refractivity contribution < 1.29 is 13.2 Å². The number of sulfonamides is 1. The van der Waals surface area contributed by atoms with Crippen molar-refractivity contribution in [2.45, 2.75) is 43.5 Å². The standard InChI is InChI=1S/C22H26N2O3S/c1-16-7-11-19(12-8-16)24(28(26,27)20-5-3-2-4-6-20)15-22(25)23-21-14-17-9-10-18(21)13-17/h2-8,11-12,17-18,21H,9-10,13-15H2,1H3,(H,23,25). The molecule has 6 heteroatoms. The van der Waals surface area contributed by atoms with Crippen LogP contribution in [-0.4, -0.2) is 26.9 Å². The van der Waals surface area contributed by atoms with Gasteiger partial charge in [0.15, 0.2) is 0 Å². The second-order valence-electron chi connectivity index (χ2n) is 8.01. The molecule has 28 heavy (non-hydrogen) atoms. The van der Waals surface area contributed by atoms with E-state index in [2.05, 4.69) is 5.32 Å². The maximum absolute atomic E-state index is 13.3. The van der Waals surface area contributed by atoms with Crippen molar-refractivity contribution in [3.8, 4) is 0 Å².